The molecule has 0 radical (unpaired) electrons. The lowest BCUT2D eigenvalue weighted by molar-refractivity contribution is -0.135. The maximum Gasteiger partial charge on any atom is 0.254 e. The van der Waals surface area contributed by atoms with Gasteiger partial charge < -0.3 is 14.5 Å². The van der Waals surface area contributed by atoms with Crippen LogP contribution in [0.25, 0.3) is 0 Å². The van der Waals surface area contributed by atoms with Crippen molar-refractivity contribution in [1.29, 1.82) is 0 Å². The summed E-state index contributed by atoms with van der Waals surface area (Å²) in [4.78, 5) is 33.9. The number of fused-ring (bicyclic) bond motifs is 1. The number of hydrogen-bond acceptors (Lipinski definition) is 5. The second kappa shape index (κ2) is 12.3. The molecule has 2 atom stereocenters. The van der Waals surface area contributed by atoms with Crippen molar-refractivity contribution in [3.05, 3.63) is 87.4 Å². The van der Waals surface area contributed by atoms with E-state index in [2.05, 4.69) is 23.3 Å². The van der Waals surface area contributed by atoms with E-state index < -0.39 is 0 Å². The monoisotopic (exact) mass is 549 g/mol. The Bertz CT molecular complexity index is 1290. The number of unbranched alkanes of at least 4 members (excludes halogenated alkanes) is 1. The van der Waals surface area contributed by atoms with Crippen LogP contribution in [0.2, 0.25) is 0 Å². The lowest BCUT2D eigenvalue weighted by Crippen LogP contribution is -2.57. The molecule has 1 aromatic heterocycles. The van der Waals surface area contributed by atoms with Crippen LogP contribution in [-0.2, 0) is 11.2 Å². The Labute approximate surface area is 234 Å². The van der Waals surface area contributed by atoms with Crippen LogP contribution in [0.4, 0.5) is 4.39 Å². The number of thiophene rings is 1. The van der Waals surface area contributed by atoms with Gasteiger partial charge in [0.2, 0.25) is 5.91 Å². The largest absolute Gasteiger partial charge is 0.494 e. The molecule has 0 bridgehead atoms. The zero-order valence-electron chi connectivity index (χ0n) is 22.6. The minimum Gasteiger partial charge on any atom is -0.494 e. The lowest BCUT2D eigenvalue weighted by atomic mass is 9.93. The molecular weight excluding hydrogens is 513 g/mol. The zero-order valence-corrected chi connectivity index (χ0v) is 23.5. The van der Waals surface area contributed by atoms with E-state index in [-0.39, 0.29) is 36.3 Å². The van der Waals surface area contributed by atoms with E-state index in [1.165, 1.54) is 10.9 Å². The van der Waals surface area contributed by atoms with Gasteiger partial charge in [0.25, 0.3) is 5.91 Å². The van der Waals surface area contributed by atoms with Gasteiger partial charge in [0.15, 0.2) is 0 Å². The molecule has 2 aromatic carbocycles. The van der Waals surface area contributed by atoms with Gasteiger partial charge in [0.1, 0.15) is 11.6 Å². The van der Waals surface area contributed by atoms with E-state index >= 15 is 0 Å². The molecule has 3 heterocycles. The molecule has 0 unspecified atom stereocenters. The fourth-order valence-electron chi connectivity index (χ4n) is 5.56. The summed E-state index contributed by atoms with van der Waals surface area (Å²) in [5, 5.41) is 2.08. The Kier molecular flexibility index (Phi) is 8.63. The van der Waals surface area contributed by atoms with E-state index in [9.17, 15) is 14.0 Å². The summed E-state index contributed by atoms with van der Waals surface area (Å²) in [6.07, 6.45) is 2.96. The highest BCUT2D eigenvalue weighted by Gasteiger charge is 2.34. The minimum atomic E-state index is -0.269. The molecule has 0 aliphatic carbocycles. The first-order valence-electron chi connectivity index (χ1n) is 13.8. The number of amides is 2. The van der Waals surface area contributed by atoms with Crippen LogP contribution in [0.3, 0.4) is 0 Å². The van der Waals surface area contributed by atoms with Gasteiger partial charge in [-0.25, -0.2) is 4.39 Å². The first kappa shape index (κ1) is 27.3. The van der Waals surface area contributed by atoms with E-state index in [0.29, 0.717) is 31.8 Å². The summed E-state index contributed by atoms with van der Waals surface area (Å²) >= 11 is 1.72. The molecule has 0 saturated carbocycles. The Hall–Kier alpha value is -3.23. The van der Waals surface area contributed by atoms with Crippen LogP contribution in [0.1, 0.15) is 59.1 Å². The van der Waals surface area contributed by atoms with Gasteiger partial charge >= 0.3 is 0 Å². The van der Waals surface area contributed by atoms with E-state index in [1.54, 1.807) is 23.5 Å². The van der Waals surface area contributed by atoms with Crippen molar-refractivity contribution in [3.63, 3.8) is 0 Å². The number of carbonyl (C=O) groups is 2. The van der Waals surface area contributed by atoms with Crippen LogP contribution in [0, 0.1) is 5.82 Å². The Morgan fingerprint density at radius 2 is 1.90 bits per heavy atom. The third-order valence-corrected chi connectivity index (χ3v) is 8.67. The van der Waals surface area contributed by atoms with Crippen LogP contribution in [0.5, 0.6) is 5.75 Å². The summed E-state index contributed by atoms with van der Waals surface area (Å²) in [5.41, 5.74) is 2.66. The Morgan fingerprint density at radius 3 is 2.64 bits per heavy atom. The number of piperazine rings is 1. The van der Waals surface area contributed by atoms with Crippen molar-refractivity contribution in [1.82, 2.24) is 14.7 Å². The Morgan fingerprint density at radius 1 is 1.08 bits per heavy atom. The number of nitrogens with zero attached hydrogens (tertiary/aromatic N) is 3. The van der Waals surface area contributed by atoms with Crippen LogP contribution in [-0.4, -0.2) is 71.9 Å². The summed E-state index contributed by atoms with van der Waals surface area (Å²) < 4.78 is 19.8. The third-order valence-electron chi connectivity index (χ3n) is 7.68. The first-order chi connectivity index (χ1) is 18.9. The number of halogens is 1. The number of ether oxygens (including phenoxy) is 1. The Balaban J connectivity index is 1.21. The molecule has 0 N–H and O–H groups in total. The summed E-state index contributed by atoms with van der Waals surface area (Å²) in [6, 6.07) is 15.9. The SMILES string of the molecule is CCCCOc1ccc(C(=O)N2CCN(C(=O)CN3CCc4sccc4[C@H]3c3cccc(F)c3)C[C@H]2C)cc1. The van der Waals surface area contributed by atoms with Crippen molar-refractivity contribution < 1.29 is 18.7 Å². The minimum absolute atomic E-state index is 0.0260. The normalized spacial score (nSPS) is 19.6. The molecule has 2 amide bonds. The molecular formula is C31H36FN3O3S. The van der Waals surface area contributed by atoms with E-state index in [1.807, 2.05) is 47.1 Å². The average Bonchev–Trinajstić information content (AvgIpc) is 3.42. The predicted molar refractivity (Wildman–Crippen MR) is 152 cm³/mol. The molecule has 0 spiro atoms. The number of carbonyl (C=O) groups excluding carboxylic acids is 2. The van der Waals surface area contributed by atoms with Crippen LogP contribution < -0.4 is 4.74 Å². The van der Waals surface area contributed by atoms with Crippen molar-refractivity contribution >= 4 is 23.2 Å². The highest BCUT2D eigenvalue weighted by Crippen LogP contribution is 2.38. The third kappa shape index (κ3) is 6.17. The van der Waals surface area contributed by atoms with Crippen molar-refractivity contribution in [3.8, 4) is 5.75 Å². The van der Waals surface area contributed by atoms with Crippen molar-refractivity contribution in [2.75, 3.05) is 39.3 Å². The molecule has 6 nitrogen and oxygen atoms in total. The van der Waals surface area contributed by atoms with Gasteiger partial charge in [-0.1, -0.05) is 25.5 Å². The maximum absolute atomic E-state index is 14.1. The van der Waals surface area contributed by atoms with Gasteiger partial charge in [-0.15, -0.1) is 11.3 Å². The van der Waals surface area contributed by atoms with E-state index in [4.69, 9.17) is 4.74 Å². The highest BCUT2D eigenvalue weighted by molar-refractivity contribution is 7.10. The second-order valence-electron chi connectivity index (χ2n) is 10.4. The van der Waals surface area contributed by atoms with Gasteiger partial charge in [-0.2, -0.15) is 0 Å². The first-order valence-corrected chi connectivity index (χ1v) is 14.7. The summed E-state index contributed by atoms with van der Waals surface area (Å²) in [5.74, 6) is 0.520. The smallest absolute Gasteiger partial charge is 0.254 e. The summed E-state index contributed by atoms with van der Waals surface area (Å²) in [7, 11) is 0. The number of benzene rings is 2. The highest BCUT2D eigenvalue weighted by atomic mass is 32.1. The quantitative estimate of drug-likeness (QED) is 0.354. The van der Waals surface area contributed by atoms with Gasteiger partial charge in [0.05, 0.1) is 19.2 Å². The average molecular weight is 550 g/mol. The van der Waals surface area contributed by atoms with Gasteiger partial charge in [0, 0.05) is 42.7 Å². The standard InChI is InChI=1S/C31H36FN3O3S/c1-3-4-17-38-26-10-8-23(9-11-26)31(37)35-16-15-33(20-22(35)2)29(36)21-34-14-12-28-27(13-18-39-28)30(34)24-6-5-7-25(32)19-24/h5-11,13,18-19,22,30H,3-4,12,14-17,20-21H2,1-2H3/t22-,30-/m1/s1. The fourth-order valence-corrected chi connectivity index (χ4v) is 6.46. The molecule has 39 heavy (non-hydrogen) atoms. The summed E-state index contributed by atoms with van der Waals surface area (Å²) in [6.45, 7) is 7.27. The molecule has 206 valence electrons. The zero-order chi connectivity index (χ0) is 27.4. The van der Waals surface area contributed by atoms with Gasteiger partial charge in [-0.3, -0.25) is 14.5 Å². The topological polar surface area (TPSA) is 53.1 Å². The maximum atomic E-state index is 14.1. The fraction of sp³-hybridized carbons (Fsp3) is 0.419. The molecule has 1 saturated heterocycles. The molecule has 8 heteroatoms. The molecule has 5 rings (SSSR count). The second-order valence-corrected chi connectivity index (χ2v) is 11.4. The predicted octanol–water partition coefficient (Wildman–Crippen LogP) is 5.39. The molecule has 1 fully saturated rings. The number of hydrogen-bond donors (Lipinski definition) is 0. The van der Waals surface area contributed by atoms with E-state index in [0.717, 1.165) is 42.7 Å². The molecule has 2 aliphatic heterocycles. The van der Waals surface area contributed by atoms with Crippen molar-refractivity contribution in [2.45, 2.75) is 45.2 Å². The lowest BCUT2D eigenvalue weighted by Gasteiger charge is -2.42. The van der Waals surface area contributed by atoms with Crippen molar-refractivity contribution in [2.24, 2.45) is 0 Å². The van der Waals surface area contributed by atoms with Crippen LogP contribution >= 0.6 is 11.3 Å². The molecule has 2 aliphatic rings. The van der Waals surface area contributed by atoms with Gasteiger partial charge in [-0.05, 0) is 78.7 Å². The number of rotatable bonds is 8. The van der Waals surface area contributed by atoms with Crippen LogP contribution in [0.15, 0.2) is 60.0 Å². The molecule has 3 aromatic rings.